The molecule has 3 heteroatoms. The maximum Gasteiger partial charge on any atom is 0.100 e. The van der Waals surface area contributed by atoms with Gasteiger partial charge in [0.15, 0.2) is 0 Å². The lowest BCUT2D eigenvalue weighted by Crippen LogP contribution is -2.07. The van der Waals surface area contributed by atoms with Crippen LogP contribution in [0.1, 0.15) is 17.2 Å². The largest absolute Gasteiger partial charge is 0.321 e. The highest BCUT2D eigenvalue weighted by Gasteiger charge is 2.08. The Labute approximate surface area is 85.8 Å². The molecule has 0 aromatic heterocycles. The van der Waals surface area contributed by atoms with Crippen molar-refractivity contribution in [3.63, 3.8) is 0 Å². The van der Waals surface area contributed by atoms with Crippen LogP contribution in [0.2, 0.25) is 0 Å². The van der Waals surface area contributed by atoms with E-state index in [4.69, 9.17) is 11.0 Å². The third kappa shape index (κ3) is 1.97. The average Bonchev–Trinajstić information content (AvgIpc) is 2.17. The number of benzene rings is 1. The monoisotopic (exact) mass is 236 g/mol. The molecule has 1 atom stereocenters. The molecule has 1 rings (SSSR count). The fourth-order valence-corrected chi connectivity index (χ4v) is 1.64. The number of nitriles is 1. The number of hydrogen-bond acceptors (Lipinski definition) is 2. The first-order chi connectivity index (χ1) is 6.20. The van der Waals surface area contributed by atoms with Crippen LogP contribution in [0.3, 0.4) is 0 Å². The van der Waals surface area contributed by atoms with Crippen molar-refractivity contribution < 1.29 is 0 Å². The summed E-state index contributed by atoms with van der Waals surface area (Å²) in [7, 11) is 0. The van der Waals surface area contributed by atoms with Crippen molar-refractivity contribution in [2.45, 2.75) is 6.04 Å². The van der Waals surface area contributed by atoms with E-state index in [1.807, 2.05) is 12.1 Å². The Morgan fingerprint density at radius 3 is 2.85 bits per heavy atom. The molecule has 0 radical (unpaired) electrons. The van der Waals surface area contributed by atoms with Gasteiger partial charge < -0.3 is 5.73 Å². The Kier molecular flexibility index (Phi) is 3.24. The van der Waals surface area contributed by atoms with E-state index in [0.29, 0.717) is 5.56 Å². The first kappa shape index (κ1) is 9.97. The van der Waals surface area contributed by atoms with Gasteiger partial charge in [0, 0.05) is 10.5 Å². The van der Waals surface area contributed by atoms with Crippen LogP contribution >= 0.6 is 15.9 Å². The Bertz CT molecular complexity index is 366. The third-order valence-electron chi connectivity index (χ3n) is 1.76. The zero-order chi connectivity index (χ0) is 9.84. The van der Waals surface area contributed by atoms with Gasteiger partial charge in [0.1, 0.15) is 6.07 Å². The lowest BCUT2D eigenvalue weighted by Gasteiger charge is -2.09. The summed E-state index contributed by atoms with van der Waals surface area (Å²) in [5.41, 5.74) is 7.24. The van der Waals surface area contributed by atoms with E-state index < -0.39 is 0 Å². The first-order valence-corrected chi connectivity index (χ1v) is 4.56. The van der Waals surface area contributed by atoms with Crippen molar-refractivity contribution in [3.05, 3.63) is 46.5 Å². The van der Waals surface area contributed by atoms with E-state index in [9.17, 15) is 0 Å². The zero-order valence-corrected chi connectivity index (χ0v) is 8.58. The third-order valence-corrected chi connectivity index (χ3v) is 2.65. The summed E-state index contributed by atoms with van der Waals surface area (Å²) in [6, 6.07) is 7.26. The number of halogens is 1. The molecule has 0 saturated heterocycles. The van der Waals surface area contributed by atoms with Crippen molar-refractivity contribution in [2.75, 3.05) is 0 Å². The summed E-state index contributed by atoms with van der Waals surface area (Å²) >= 11 is 3.33. The molecule has 0 bridgehead atoms. The van der Waals surface area contributed by atoms with Crippen molar-refractivity contribution in [2.24, 2.45) is 5.73 Å². The summed E-state index contributed by atoms with van der Waals surface area (Å²) in [4.78, 5) is 0. The SMILES string of the molecule is C=C[C@@H](N)c1cccc(C#N)c1Br. The lowest BCUT2D eigenvalue weighted by molar-refractivity contribution is 0.907. The molecule has 0 heterocycles. The highest BCUT2D eigenvalue weighted by molar-refractivity contribution is 9.10. The fraction of sp³-hybridized carbons (Fsp3) is 0.100. The van der Waals surface area contributed by atoms with Crippen molar-refractivity contribution in [1.29, 1.82) is 5.26 Å². The number of nitrogens with two attached hydrogens (primary N) is 1. The van der Waals surface area contributed by atoms with Gasteiger partial charge in [-0.3, -0.25) is 0 Å². The second-order valence-electron chi connectivity index (χ2n) is 2.58. The van der Waals surface area contributed by atoms with E-state index in [1.165, 1.54) is 0 Å². The van der Waals surface area contributed by atoms with Gasteiger partial charge in [-0.1, -0.05) is 18.2 Å². The van der Waals surface area contributed by atoms with Crippen LogP contribution in [-0.2, 0) is 0 Å². The smallest absolute Gasteiger partial charge is 0.100 e. The van der Waals surface area contributed by atoms with Crippen molar-refractivity contribution >= 4 is 15.9 Å². The molecule has 0 amide bonds. The summed E-state index contributed by atoms with van der Waals surface area (Å²) in [5.74, 6) is 0. The molecular formula is C10H9BrN2. The Balaban J connectivity index is 3.25. The molecule has 0 spiro atoms. The highest BCUT2D eigenvalue weighted by Crippen LogP contribution is 2.25. The molecule has 13 heavy (non-hydrogen) atoms. The average molecular weight is 237 g/mol. The molecule has 0 aliphatic heterocycles. The first-order valence-electron chi connectivity index (χ1n) is 3.77. The zero-order valence-electron chi connectivity index (χ0n) is 7.00. The summed E-state index contributed by atoms with van der Waals surface area (Å²) in [6.07, 6.45) is 1.64. The minimum atomic E-state index is -0.234. The molecule has 2 N–H and O–H groups in total. The molecule has 0 fully saturated rings. The van der Waals surface area contributed by atoms with Crippen molar-refractivity contribution in [3.8, 4) is 6.07 Å². The Morgan fingerprint density at radius 1 is 1.62 bits per heavy atom. The van der Waals surface area contributed by atoms with Crippen LogP contribution in [0.25, 0.3) is 0 Å². The topological polar surface area (TPSA) is 49.8 Å². The van der Waals surface area contributed by atoms with E-state index in [1.54, 1.807) is 12.1 Å². The van der Waals surface area contributed by atoms with Crippen LogP contribution in [0.4, 0.5) is 0 Å². The van der Waals surface area contributed by atoms with Gasteiger partial charge in [0.2, 0.25) is 0 Å². The van der Waals surface area contributed by atoms with Crippen LogP contribution in [0, 0.1) is 11.3 Å². The summed E-state index contributed by atoms with van der Waals surface area (Å²) in [5, 5.41) is 8.75. The molecule has 0 aliphatic carbocycles. The van der Waals surface area contributed by atoms with E-state index >= 15 is 0 Å². The Hall–Kier alpha value is -1.11. The van der Waals surface area contributed by atoms with Gasteiger partial charge >= 0.3 is 0 Å². The molecule has 0 aliphatic rings. The molecule has 1 aromatic carbocycles. The number of rotatable bonds is 2. The second kappa shape index (κ2) is 4.22. The van der Waals surface area contributed by atoms with Gasteiger partial charge in [-0.2, -0.15) is 5.26 Å². The molecule has 0 unspecified atom stereocenters. The van der Waals surface area contributed by atoms with Crippen LogP contribution < -0.4 is 5.73 Å². The van der Waals surface area contributed by atoms with Gasteiger partial charge in [0.25, 0.3) is 0 Å². The predicted octanol–water partition coefficient (Wildman–Crippen LogP) is 2.51. The maximum absolute atomic E-state index is 8.75. The summed E-state index contributed by atoms with van der Waals surface area (Å²) in [6.45, 7) is 3.60. The molecular weight excluding hydrogens is 228 g/mol. The predicted molar refractivity (Wildman–Crippen MR) is 56.0 cm³/mol. The normalized spacial score (nSPS) is 11.8. The minimum absolute atomic E-state index is 0.234. The molecule has 0 saturated carbocycles. The van der Waals surface area contributed by atoms with Gasteiger partial charge in [-0.25, -0.2) is 0 Å². The second-order valence-corrected chi connectivity index (χ2v) is 3.38. The fourth-order valence-electron chi connectivity index (χ4n) is 1.02. The molecule has 1 aromatic rings. The van der Waals surface area contributed by atoms with Crippen LogP contribution in [0.5, 0.6) is 0 Å². The Morgan fingerprint density at radius 2 is 2.31 bits per heavy atom. The van der Waals surface area contributed by atoms with Crippen LogP contribution in [-0.4, -0.2) is 0 Å². The standard InChI is InChI=1S/C10H9BrN2/c1-2-9(13)8-5-3-4-7(6-12)10(8)11/h2-5,9H,1,13H2/t9-/m1/s1. The maximum atomic E-state index is 8.75. The van der Waals surface area contributed by atoms with E-state index in [0.717, 1.165) is 10.0 Å². The quantitative estimate of drug-likeness (QED) is 0.803. The summed E-state index contributed by atoms with van der Waals surface area (Å²) < 4.78 is 0.755. The molecule has 66 valence electrons. The van der Waals surface area contributed by atoms with Gasteiger partial charge in [0.05, 0.1) is 5.56 Å². The van der Waals surface area contributed by atoms with E-state index in [2.05, 4.69) is 28.6 Å². The van der Waals surface area contributed by atoms with E-state index in [-0.39, 0.29) is 6.04 Å². The number of hydrogen-bond donors (Lipinski definition) is 1. The lowest BCUT2D eigenvalue weighted by atomic mass is 10.1. The van der Waals surface area contributed by atoms with Gasteiger partial charge in [-0.05, 0) is 27.6 Å². The highest BCUT2D eigenvalue weighted by atomic mass is 79.9. The van der Waals surface area contributed by atoms with Crippen LogP contribution in [0.15, 0.2) is 35.3 Å². The minimum Gasteiger partial charge on any atom is -0.321 e. The van der Waals surface area contributed by atoms with Crippen molar-refractivity contribution in [1.82, 2.24) is 0 Å². The number of nitrogens with zero attached hydrogens (tertiary/aromatic N) is 1. The van der Waals surface area contributed by atoms with Gasteiger partial charge in [-0.15, -0.1) is 6.58 Å². The molecule has 2 nitrogen and oxygen atoms in total.